The van der Waals surface area contributed by atoms with Gasteiger partial charge >= 0.3 is 0 Å². The van der Waals surface area contributed by atoms with Gasteiger partial charge in [0.05, 0.1) is 5.56 Å². The average Bonchev–Trinajstić information content (AvgIpc) is 2.37. The maximum atomic E-state index is 13.6. The molecule has 0 aliphatic carbocycles. The van der Waals surface area contributed by atoms with Gasteiger partial charge in [-0.3, -0.25) is 4.79 Å². The first-order chi connectivity index (χ1) is 9.04. The number of hydrogen-bond donors (Lipinski definition) is 0. The van der Waals surface area contributed by atoms with E-state index in [1.165, 1.54) is 6.07 Å². The van der Waals surface area contributed by atoms with Gasteiger partial charge in [0.25, 0.3) is 0 Å². The fourth-order valence-electron chi connectivity index (χ4n) is 1.94. The van der Waals surface area contributed by atoms with Gasteiger partial charge in [0.2, 0.25) is 0 Å². The van der Waals surface area contributed by atoms with Crippen molar-refractivity contribution in [3.63, 3.8) is 0 Å². The quantitative estimate of drug-likeness (QED) is 0.768. The summed E-state index contributed by atoms with van der Waals surface area (Å²) in [4.78, 5) is 12.2. The molecule has 2 rings (SSSR count). The van der Waals surface area contributed by atoms with Crippen LogP contribution in [0, 0.1) is 17.5 Å². The van der Waals surface area contributed by atoms with Crippen molar-refractivity contribution in [2.45, 2.75) is 13.3 Å². The highest BCUT2D eigenvalue weighted by Gasteiger charge is 2.21. The Labute approximate surface area is 108 Å². The van der Waals surface area contributed by atoms with E-state index in [4.69, 9.17) is 0 Å². The lowest BCUT2D eigenvalue weighted by Gasteiger charge is -2.08. The number of rotatable bonds is 3. The third kappa shape index (κ3) is 2.52. The van der Waals surface area contributed by atoms with E-state index in [2.05, 4.69) is 0 Å². The number of carbonyl (C=O) groups excluding carboxylic acids is 1. The number of benzene rings is 2. The SMILES string of the molecule is CCc1ccccc1C(=O)c1c(F)cc(F)cc1F. The van der Waals surface area contributed by atoms with Crippen LogP contribution in [0.4, 0.5) is 13.2 Å². The maximum Gasteiger partial charge on any atom is 0.199 e. The smallest absolute Gasteiger partial charge is 0.199 e. The normalized spacial score (nSPS) is 10.5. The zero-order chi connectivity index (χ0) is 14.0. The minimum atomic E-state index is -1.19. The summed E-state index contributed by atoms with van der Waals surface area (Å²) in [6.45, 7) is 1.84. The van der Waals surface area contributed by atoms with Crippen molar-refractivity contribution in [2.75, 3.05) is 0 Å². The largest absolute Gasteiger partial charge is 0.288 e. The number of ketones is 1. The minimum absolute atomic E-state index is 0.231. The lowest BCUT2D eigenvalue weighted by molar-refractivity contribution is 0.103. The molecule has 0 N–H and O–H groups in total. The minimum Gasteiger partial charge on any atom is -0.288 e. The number of aryl methyl sites for hydroxylation is 1. The molecule has 0 bridgehead atoms. The first-order valence-corrected chi connectivity index (χ1v) is 5.81. The van der Waals surface area contributed by atoms with Gasteiger partial charge < -0.3 is 0 Å². The molecule has 0 spiro atoms. The first kappa shape index (κ1) is 13.3. The van der Waals surface area contributed by atoms with Crippen molar-refractivity contribution >= 4 is 5.78 Å². The van der Waals surface area contributed by atoms with Crippen LogP contribution < -0.4 is 0 Å². The van der Waals surface area contributed by atoms with Gasteiger partial charge in [0.15, 0.2) is 5.78 Å². The molecule has 0 atom stereocenters. The van der Waals surface area contributed by atoms with Crippen LogP contribution in [0.15, 0.2) is 36.4 Å². The summed E-state index contributed by atoms with van der Waals surface area (Å²) in [5.41, 5.74) is 0.201. The molecule has 0 saturated carbocycles. The van der Waals surface area contributed by atoms with E-state index in [9.17, 15) is 18.0 Å². The zero-order valence-corrected chi connectivity index (χ0v) is 10.2. The van der Waals surface area contributed by atoms with Crippen LogP contribution in [0.2, 0.25) is 0 Å². The van der Waals surface area contributed by atoms with Crippen molar-refractivity contribution in [3.8, 4) is 0 Å². The van der Waals surface area contributed by atoms with E-state index in [0.29, 0.717) is 24.1 Å². The predicted octanol–water partition coefficient (Wildman–Crippen LogP) is 3.90. The van der Waals surface area contributed by atoms with Crippen LogP contribution in [-0.2, 0) is 6.42 Å². The van der Waals surface area contributed by atoms with Gasteiger partial charge in [-0.1, -0.05) is 31.2 Å². The third-order valence-corrected chi connectivity index (χ3v) is 2.88. The van der Waals surface area contributed by atoms with E-state index in [1.54, 1.807) is 18.2 Å². The summed E-state index contributed by atoms with van der Waals surface area (Å²) in [5, 5.41) is 0. The Balaban J connectivity index is 2.57. The Morgan fingerprint density at radius 2 is 1.63 bits per heavy atom. The highest BCUT2D eigenvalue weighted by atomic mass is 19.1. The van der Waals surface area contributed by atoms with Crippen molar-refractivity contribution in [3.05, 3.63) is 70.5 Å². The molecule has 19 heavy (non-hydrogen) atoms. The number of hydrogen-bond acceptors (Lipinski definition) is 1. The maximum absolute atomic E-state index is 13.6. The molecule has 0 unspecified atom stereocenters. The van der Waals surface area contributed by atoms with Crippen molar-refractivity contribution in [2.24, 2.45) is 0 Å². The lowest BCUT2D eigenvalue weighted by atomic mass is 9.96. The molecule has 0 saturated heterocycles. The van der Waals surface area contributed by atoms with Crippen molar-refractivity contribution < 1.29 is 18.0 Å². The standard InChI is InChI=1S/C15H11F3O/c1-2-9-5-3-4-6-11(9)15(19)14-12(17)7-10(16)8-13(14)18/h3-8H,2H2,1H3. The lowest BCUT2D eigenvalue weighted by Crippen LogP contribution is -2.10. The molecule has 0 heterocycles. The summed E-state index contributed by atoms with van der Waals surface area (Å²) in [7, 11) is 0. The van der Waals surface area contributed by atoms with Crippen LogP contribution in [0.3, 0.4) is 0 Å². The highest BCUT2D eigenvalue weighted by molar-refractivity contribution is 6.10. The Morgan fingerprint density at radius 1 is 1.05 bits per heavy atom. The molecule has 2 aromatic rings. The Morgan fingerprint density at radius 3 is 2.21 bits per heavy atom. The van der Waals surface area contributed by atoms with E-state index in [-0.39, 0.29) is 5.56 Å². The molecule has 0 radical (unpaired) electrons. The zero-order valence-electron chi connectivity index (χ0n) is 10.2. The molecule has 2 aromatic carbocycles. The summed E-state index contributed by atoms with van der Waals surface area (Å²) >= 11 is 0. The van der Waals surface area contributed by atoms with Crippen LogP contribution in [0.5, 0.6) is 0 Å². The van der Waals surface area contributed by atoms with E-state index >= 15 is 0 Å². The molecule has 0 aliphatic rings. The van der Waals surface area contributed by atoms with E-state index in [1.807, 2.05) is 6.92 Å². The first-order valence-electron chi connectivity index (χ1n) is 5.81. The van der Waals surface area contributed by atoms with Crippen LogP contribution >= 0.6 is 0 Å². The molecule has 4 heteroatoms. The predicted molar refractivity (Wildman–Crippen MR) is 65.6 cm³/mol. The van der Waals surface area contributed by atoms with Crippen LogP contribution in [-0.4, -0.2) is 5.78 Å². The van der Waals surface area contributed by atoms with Crippen LogP contribution in [0.1, 0.15) is 28.4 Å². The molecule has 1 nitrogen and oxygen atoms in total. The second kappa shape index (κ2) is 5.26. The van der Waals surface area contributed by atoms with Crippen molar-refractivity contribution in [1.29, 1.82) is 0 Å². The Hall–Kier alpha value is -2.10. The summed E-state index contributed by atoms with van der Waals surface area (Å²) in [6, 6.07) is 7.59. The summed E-state index contributed by atoms with van der Waals surface area (Å²) < 4.78 is 40.0. The second-order valence-corrected chi connectivity index (χ2v) is 4.08. The molecule has 0 aromatic heterocycles. The summed E-state index contributed by atoms with van der Waals surface area (Å²) in [5.74, 6) is -4.19. The van der Waals surface area contributed by atoms with Gasteiger partial charge in [-0.05, 0) is 12.0 Å². The third-order valence-electron chi connectivity index (χ3n) is 2.88. The fraction of sp³-hybridized carbons (Fsp3) is 0.133. The Kier molecular flexibility index (Phi) is 3.69. The van der Waals surface area contributed by atoms with E-state index in [0.717, 1.165) is 0 Å². The summed E-state index contributed by atoms with van der Waals surface area (Å²) in [6.07, 6.45) is 0.562. The van der Waals surface area contributed by atoms with Crippen molar-refractivity contribution in [1.82, 2.24) is 0 Å². The van der Waals surface area contributed by atoms with E-state index < -0.39 is 28.8 Å². The topological polar surface area (TPSA) is 17.1 Å². The molecule has 0 fully saturated rings. The number of carbonyl (C=O) groups is 1. The molecule has 98 valence electrons. The van der Waals surface area contributed by atoms with Gasteiger partial charge in [-0.15, -0.1) is 0 Å². The monoisotopic (exact) mass is 264 g/mol. The molecule has 0 aliphatic heterocycles. The van der Waals surface area contributed by atoms with Crippen LogP contribution in [0.25, 0.3) is 0 Å². The average molecular weight is 264 g/mol. The Bertz CT molecular complexity index is 612. The highest BCUT2D eigenvalue weighted by Crippen LogP contribution is 2.21. The second-order valence-electron chi connectivity index (χ2n) is 4.08. The van der Waals surface area contributed by atoms with Gasteiger partial charge in [0, 0.05) is 17.7 Å². The van der Waals surface area contributed by atoms with Gasteiger partial charge in [-0.25, -0.2) is 13.2 Å². The van der Waals surface area contributed by atoms with Gasteiger partial charge in [-0.2, -0.15) is 0 Å². The molecular formula is C15H11F3O. The molecular weight excluding hydrogens is 253 g/mol. The fourth-order valence-corrected chi connectivity index (χ4v) is 1.94. The number of halogens is 3. The molecule has 0 amide bonds. The van der Waals surface area contributed by atoms with Gasteiger partial charge in [0.1, 0.15) is 17.5 Å².